The van der Waals surface area contributed by atoms with Gasteiger partial charge in [-0.05, 0) is 36.4 Å². The summed E-state index contributed by atoms with van der Waals surface area (Å²) in [5.74, 6) is -0.882. The molecule has 0 saturated carbocycles. The second kappa shape index (κ2) is 10.2. The number of ether oxygens (including phenoxy) is 2. The fourth-order valence-corrected chi connectivity index (χ4v) is 2.24. The zero-order chi connectivity index (χ0) is 20.0. The van der Waals surface area contributed by atoms with E-state index in [9.17, 15) is 13.6 Å². The van der Waals surface area contributed by atoms with Gasteiger partial charge in [-0.15, -0.1) is 0 Å². The number of aliphatic hydroxyl groups excluding tert-OH is 1. The number of carbonyl (C=O) groups is 1. The van der Waals surface area contributed by atoms with Crippen LogP contribution in [0.5, 0.6) is 11.5 Å². The largest absolute Gasteiger partial charge is 0.489 e. The average Bonchev–Trinajstić information content (AvgIpc) is 2.63. The molecule has 2 rings (SSSR count). The summed E-state index contributed by atoms with van der Waals surface area (Å²) < 4.78 is 39.0. The van der Waals surface area contributed by atoms with Crippen molar-refractivity contribution in [2.24, 2.45) is 0 Å². The van der Waals surface area contributed by atoms with Gasteiger partial charge >= 0.3 is 6.03 Å². The van der Waals surface area contributed by atoms with Gasteiger partial charge in [-0.1, -0.05) is 6.58 Å². The van der Waals surface area contributed by atoms with Gasteiger partial charge < -0.3 is 19.5 Å². The maximum Gasteiger partial charge on any atom is 0.328 e. The van der Waals surface area contributed by atoms with Gasteiger partial charge in [0.05, 0.1) is 11.3 Å². The fourth-order valence-electron chi connectivity index (χ4n) is 2.24. The van der Waals surface area contributed by atoms with Gasteiger partial charge in [-0.25, -0.2) is 13.6 Å². The zero-order valence-corrected chi connectivity index (χ0v) is 15.4. The first-order valence-corrected chi connectivity index (χ1v) is 7.95. The number of hydrogen-bond donors (Lipinski definition) is 1. The molecule has 2 aromatic carbocycles. The first-order valence-electron chi connectivity index (χ1n) is 7.95. The highest BCUT2D eigenvalue weighted by Gasteiger charge is 2.19. The van der Waals surface area contributed by atoms with Crippen molar-refractivity contribution in [1.29, 1.82) is 0 Å². The molecule has 0 fully saturated rings. The van der Waals surface area contributed by atoms with Crippen LogP contribution in [0.15, 0.2) is 49.2 Å². The van der Waals surface area contributed by atoms with Crippen LogP contribution in [0.25, 0.3) is 0 Å². The number of rotatable bonds is 7. The van der Waals surface area contributed by atoms with E-state index in [0.717, 1.165) is 17.0 Å². The van der Waals surface area contributed by atoms with E-state index in [2.05, 4.69) is 6.58 Å². The van der Waals surface area contributed by atoms with Crippen LogP contribution in [0.4, 0.5) is 24.0 Å². The van der Waals surface area contributed by atoms with Gasteiger partial charge in [-0.2, -0.15) is 0 Å². The smallest absolute Gasteiger partial charge is 0.328 e. The van der Waals surface area contributed by atoms with E-state index in [-0.39, 0.29) is 22.6 Å². The summed E-state index contributed by atoms with van der Waals surface area (Å²) in [6, 6.07) is 7.80. The monoisotopic (exact) mass is 398 g/mol. The Bertz CT molecular complexity index is 790. The molecule has 0 aromatic heterocycles. The summed E-state index contributed by atoms with van der Waals surface area (Å²) in [4.78, 5) is 14.4. The molecule has 0 aliphatic carbocycles. The number of carbonyl (C=O) groups excluding carboxylic acids is 1. The number of aliphatic hydroxyl groups is 1. The lowest BCUT2D eigenvalue weighted by atomic mass is 10.1. The minimum atomic E-state index is -0.844. The van der Waals surface area contributed by atoms with E-state index >= 15 is 0 Å². The third-order valence-corrected chi connectivity index (χ3v) is 3.61. The molecule has 0 spiro atoms. The Morgan fingerprint density at radius 2 is 1.61 bits per heavy atom. The Hall–Kier alpha value is -3.20. The highest BCUT2D eigenvalue weighted by Crippen LogP contribution is 2.25. The van der Waals surface area contributed by atoms with Crippen molar-refractivity contribution in [3.8, 4) is 11.5 Å². The van der Waals surface area contributed by atoms with Gasteiger partial charge in [0.1, 0.15) is 29.7 Å². The van der Waals surface area contributed by atoms with Crippen LogP contribution in [0.1, 0.15) is 5.56 Å². The van der Waals surface area contributed by atoms with Crippen LogP contribution in [-0.4, -0.2) is 36.9 Å². The number of halogens is 3. The molecule has 0 radical (unpaired) electrons. The first-order chi connectivity index (χ1) is 12.9. The molecule has 152 valence electrons. The van der Waals surface area contributed by atoms with E-state index in [0.29, 0.717) is 11.5 Å². The molecule has 2 amide bonds. The highest BCUT2D eigenvalue weighted by atomic mass is 19.1. The van der Waals surface area contributed by atoms with Crippen molar-refractivity contribution in [1.82, 2.24) is 4.90 Å². The SMILES string of the molecule is C=CN(C(=O)N(C)C)c1cc(F)c(COc2ccc(OCO)cc2)c(F)c1.F. The molecule has 0 aliphatic heterocycles. The summed E-state index contributed by atoms with van der Waals surface area (Å²) in [6.45, 7) is 2.71. The van der Waals surface area contributed by atoms with E-state index in [1.165, 1.54) is 25.2 Å². The number of anilines is 1. The Labute approximate surface area is 160 Å². The van der Waals surface area contributed by atoms with Crippen molar-refractivity contribution in [2.75, 3.05) is 25.8 Å². The maximum atomic E-state index is 14.4. The fraction of sp³-hybridized carbons (Fsp3) is 0.211. The quantitative estimate of drug-likeness (QED) is 0.724. The normalized spacial score (nSPS) is 9.89. The van der Waals surface area contributed by atoms with Gasteiger partial charge in [0.2, 0.25) is 0 Å². The van der Waals surface area contributed by atoms with Crippen molar-refractivity contribution < 1.29 is 32.9 Å². The molecule has 0 atom stereocenters. The van der Waals surface area contributed by atoms with Gasteiger partial charge in [0.25, 0.3) is 0 Å². The van der Waals surface area contributed by atoms with E-state index < -0.39 is 24.5 Å². The molecular formula is C19H21F3N2O4. The molecule has 28 heavy (non-hydrogen) atoms. The Balaban J connectivity index is 0.00000392. The van der Waals surface area contributed by atoms with Crippen molar-refractivity contribution in [3.05, 3.63) is 66.4 Å². The van der Waals surface area contributed by atoms with E-state index in [1.807, 2.05) is 0 Å². The van der Waals surface area contributed by atoms with E-state index in [4.69, 9.17) is 14.6 Å². The Morgan fingerprint density at radius 1 is 1.11 bits per heavy atom. The van der Waals surface area contributed by atoms with Gasteiger partial charge in [-0.3, -0.25) is 9.60 Å². The van der Waals surface area contributed by atoms with Gasteiger partial charge in [0, 0.05) is 20.3 Å². The molecule has 0 heterocycles. The lowest BCUT2D eigenvalue weighted by Gasteiger charge is -2.23. The minimum Gasteiger partial charge on any atom is -0.489 e. The third-order valence-electron chi connectivity index (χ3n) is 3.61. The van der Waals surface area contributed by atoms with Crippen LogP contribution < -0.4 is 14.4 Å². The van der Waals surface area contributed by atoms with Crippen molar-refractivity contribution >= 4 is 11.7 Å². The zero-order valence-electron chi connectivity index (χ0n) is 15.4. The van der Waals surface area contributed by atoms with E-state index in [1.54, 1.807) is 24.3 Å². The summed E-state index contributed by atoms with van der Waals surface area (Å²) in [6.07, 6.45) is 1.18. The molecule has 1 N–H and O–H groups in total. The lowest BCUT2D eigenvalue weighted by Crippen LogP contribution is -2.35. The predicted molar refractivity (Wildman–Crippen MR) is 99.1 cm³/mol. The van der Waals surface area contributed by atoms with Crippen LogP contribution in [0.2, 0.25) is 0 Å². The van der Waals surface area contributed by atoms with Crippen molar-refractivity contribution in [2.45, 2.75) is 6.61 Å². The van der Waals surface area contributed by atoms with Crippen LogP contribution in [0, 0.1) is 11.6 Å². The molecule has 6 nitrogen and oxygen atoms in total. The standard InChI is InChI=1S/C19H20F2N2O4.FH/c1-4-23(19(25)22(2)3)13-9-17(20)16(18(21)10-13)11-26-14-5-7-15(8-6-14)27-12-24;/h4-10,24H,1,11-12H2,2-3H3;1H. The highest BCUT2D eigenvalue weighted by molar-refractivity contribution is 5.93. The average molecular weight is 398 g/mol. The molecule has 0 saturated heterocycles. The summed E-state index contributed by atoms with van der Waals surface area (Å²) >= 11 is 0. The number of benzene rings is 2. The van der Waals surface area contributed by atoms with Gasteiger partial charge in [0.15, 0.2) is 6.79 Å². The second-order valence-electron chi connectivity index (χ2n) is 5.65. The lowest BCUT2D eigenvalue weighted by molar-refractivity contribution is 0.0984. The molecule has 9 heteroatoms. The topological polar surface area (TPSA) is 62.2 Å². The summed E-state index contributed by atoms with van der Waals surface area (Å²) in [5.41, 5.74) is -0.247. The molecule has 0 bridgehead atoms. The number of urea groups is 1. The third kappa shape index (κ3) is 5.40. The molecular weight excluding hydrogens is 377 g/mol. The van der Waals surface area contributed by atoms with Crippen molar-refractivity contribution in [3.63, 3.8) is 0 Å². The molecule has 0 unspecified atom stereocenters. The molecule has 0 aliphatic rings. The Kier molecular flexibility index (Phi) is 8.33. The van der Waals surface area contributed by atoms with Crippen LogP contribution in [-0.2, 0) is 6.61 Å². The molecule has 2 aromatic rings. The first kappa shape index (κ1) is 22.8. The summed E-state index contributed by atoms with van der Waals surface area (Å²) in [5, 5.41) is 8.68. The number of amides is 2. The maximum absolute atomic E-state index is 14.4. The number of hydrogen-bond acceptors (Lipinski definition) is 4. The number of nitrogens with zero attached hydrogens (tertiary/aromatic N) is 2. The van der Waals surface area contributed by atoms with Crippen LogP contribution >= 0.6 is 0 Å². The predicted octanol–water partition coefficient (Wildman–Crippen LogP) is 3.66. The summed E-state index contributed by atoms with van der Waals surface area (Å²) in [7, 11) is 3.04. The Morgan fingerprint density at radius 3 is 2.04 bits per heavy atom. The second-order valence-corrected chi connectivity index (χ2v) is 5.65. The minimum absolute atomic E-state index is 0. The van der Waals surface area contributed by atoms with Crippen LogP contribution in [0.3, 0.4) is 0 Å².